The second-order valence-electron chi connectivity index (χ2n) is 6.37. The first kappa shape index (κ1) is 24.9. The summed E-state index contributed by atoms with van der Waals surface area (Å²) in [5.41, 5.74) is 1.67. The SMILES string of the molecule is CN=C(NCc1cc(Cl)ccc1OC(F)F)NCc1nccn1Cc1ccccc1.I. The molecule has 0 aliphatic carbocycles. The van der Waals surface area contributed by atoms with Crippen LogP contribution in [-0.4, -0.2) is 29.2 Å². The molecule has 0 saturated heterocycles. The van der Waals surface area contributed by atoms with Crippen molar-refractivity contribution in [3.8, 4) is 5.75 Å². The molecule has 0 bridgehead atoms. The average Bonchev–Trinajstić information content (AvgIpc) is 3.17. The van der Waals surface area contributed by atoms with Crippen LogP contribution in [0.15, 0.2) is 65.9 Å². The van der Waals surface area contributed by atoms with E-state index in [1.807, 2.05) is 29.0 Å². The molecule has 0 spiro atoms. The number of guanidine groups is 1. The number of hydrogen-bond acceptors (Lipinski definition) is 3. The Balaban J connectivity index is 0.00000341. The molecule has 2 N–H and O–H groups in total. The lowest BCUT2D eigenvalue weighted by atomic mass is 10.2. The third-order valence-corrected chi connectivity index (χ3v) is 4.55. The van der Waals surface area contributed by atoms with Gasteiger partial charge in [-0.15, -0.1) is 24.0 Å². The summed E-state index contributed by atoms with van der Waals surface area (Å²) in [7, 11) is 1.63. The summed E-state index contributed by atoms with van der Waals surface area (Å²) in [5.74, 6) is 1.40. The number of nitrogens with zero attached hydrogens (tertiary/aromatic N) is 3. The van der Waals surface area contributed by atoms with Crippen LogP contribution in [0.1, 0.15) is 17.0 Å². The lowest BCUT2D eigenvalue weighted by Gasteiger charge is -2.15. The molecule has 1 aromatic heterocycles. The minimum atomic E-state index is -2.91. The number of rotatable bonds is 8. The van der Waals surface area contributed by atoms with Gasteiger partial charge in [0.1, 0.15) is 11.6 Å². The van der Waals surface area contributed by atoms with E-state index < -0.39 is 6.61 Å². The maximum atomic E-state index is 12.6. The van der Waals surface area contributed by atoms with Gasteiger partial charge in [0, 0.05) is 43.1 Å². The Hall–Kier alpha value is -2.40. The van der Waals surface area contributed by atoms with E-state index in [0.717, 1.165) is 5.82 Å². The number of halogens is 4. The first-order valence-corrected chi connectivity index (χ1v) is 9.64. The molecule has 0 amide bonds. The second-order valence-corrected chi connectivity index (χ2v) is 6.80. The molecular weight excluding hydrogens is 539 g/mol. The number of benzene rings is 2. The number of nitrogens with one attached hydrogen (secondary N) is 2. The molecule has 6 nitrogen and oxygen atoms in total. The molecule has 1 heterocycles. The van der Waals surface area contributed by atoms with E-state index in [0.29, 0.717) is 29.6 Å². The Bertz CT molecular complexity index is 985. The van der Waals surface area contributed by atoms with Crippen LogP contribution in [0.3, 0.4) is 0 Å². The molecule has 0 atom stereocenters. The molecule has 3 aromatic rings. The van der Waals surface area contributed by atoms with Crippen LogP contribution in [0.2, 0.25) is 5.02 Å². The Labute approximate surface area is 201 Å². The number of alkyl halides is 2. The van der Waals surface area contributed by atoms with E-state index in [9.17, 15) is 8.78 Å². The number of imidazole rings is 1. The van der Waals surface area contributed by atoms with Crippen molar-refractivity contribution in [2.75, 3.05) is 7.05 Å². The number of ether oxygens (including phenoxy) is 1. The van der Waals surface area contributed by atoms with E-state index in [-0.39, 0.29) is 36.3 Å². The highest BCUT2D eigenvalue weighted by atomic mass is 127. The van der Waals surface area contributed by atoms with Gasteiger partial charge in [0.05, 0.1) is 6.54 Å². The zero-order valence-corrected chi connectivity index (χ0v) is 19.9. The van der Waals surface area contributed by atoms with Crippen LogP contribution in [0, 0.1) is 0 Å². The molecule has 31 heavy (non-hydrogen) atoms. The molecule has 166 valence electrons. The Kier molecular flexibility index (Phi) is 9.99. The van der Waals surface area contributed by atoms with Gasteiger partial charge in [0.25, 0.3) is 0 Å². The van der Waals surface area contributed by atoms with Crippen LogP contribution >= 0.6 is 35.6 Å². The maximum Gasteiger partial charge on any atom is 0.387 e. The monoisotopic (exact) mass is 561 g/mol. The van der Waals surface area contributed by atoms with Crippen molar-refractivity contribution in [1.29, 1.82) is 0 Å². The molecule has 0 fully saturated rings. The summed E-state index contributed by atoms with van der Waals surface area (Å²) < 4.78 is 31.8. The molecule has 0 aliphatic rings. The first-order valence-electron chi connectivity index (χ1n) is 9.27. The highest BCUT2D eigenvalue weighted by molar-refractivity contribution is 14.0. The summed E-state index contributed by atoms with van der Waals surface area (Å²) in [6.07, 6.45) is 3.66. The van der Waals surface area contributed by atoms with Gasteiger partial charge in [-0.3, -0.25) is 4.99 Å². The molecule has 0 radical (unpaired) electrons. The topological polar surface area (TPSA) is 63.5 Å². The fourth-order valence-corrected chi connectivity index (χ4v) is 3.09. The van der Waals surface area contributed by atoms with Crippen molar-refractivity contribution in [3.05, 3.63) is 82.9 Å². The van der Waals surface area contributed by atoms with Crippen LogP contribution in [0.5, 0.6) is 5.75 Å². The van der Waals surface area contributed by atoms with Crippen LogP contribution in [-0.2, 0) is 19.6 Å². The van der Waals surface area contributed by atoms with E-state index in [2.05, 4.69) is 37.5 Å². The molecular formula is C21H23ClF2IN5O. The molecule has 2 aromatic carbocycles. The van der Waals surface area contributed by atoms with Crippen LogP contribution in [0.25, 0.3) is 0 Å². The highest BCUT2D eigenvalue weighted by Crippen LogP contribution is 2.24. The van der Waals surface area contributed by atoms with Gasteiger partial charge >= 0.3 is 6.61 Å². The highest BCUT2D eigenvalue weighted by Gasteiger charge is 2.11. The minimum absolute atomic E-state index is 0. The lowest BCUT2D eigenvalue weighted by molar-refractivity contribution is -0.0504. The second kappa shape index (κ2) is 12.5. The Morgan fingerprint density at radius 1 is 1.16 bits per heavy atom. The van der Waals surface area contributed by atoms with Crippen molar-refractivity contribution in [2.24, 2.45) is 4.99 Å². The van der Waals surface area contributed by atoms with E-state index in [4.69, 9.17) is 11.6 Å². The molecule has 10 heteroatoms. The lowest BCUT2D eigenvalue weighted by Crippen LogP contribution is -2.37. The molecule has 3 rings (SSSR count). The molecule has 0 saturated carbocycles. The maximum absolute atomic E-state index is 12.6. The smallest absolute Gasteiger partial charge is 0.387 e. The standard InChI is InChI=1S/C21H22ClF2N5O.HI/c1-25-21(27-12-16-11-17(22)7-8-18(16)30-20(23)24)28-13-19-26-9-10-29(19)14-15-5-3-2-4-6-15;/h2-11,20H,12-14H2,1H3,(H2,25,27,28);1H. The van der Waals surface area contributed by atoms with Gasteiger partial charge in [-0.05, 0) is 23.8 Å². The summed E-state index contributed by atoms with van der Waals surface area (Å²) >= 11 is 5.99. The van der Waals surface area contributed by atoms with Gasteiger partial charge in [0.2, 0.25) is 0 Å². The molecule has 0 aliphatic heterocycles. The molecule has 0 unspecified atom stereocenters. The normalized spacial score (nSPS) is 11.2. The quantitative estimate of drug-likeness (QED) is 0.238. The summed E-state index contributed by atoms with van der Waals surface area (Å²) in [6, 6.07) is 14.6. The van der Waals surface area contributed by atoms with Crippen molar-refractivity contribution in [3.63, 3.8) is 0 Å². The summed E-state index contributed by atoms with van der Waals surface area (Å²) in [6.45, 7) is -1.55. The largest absolute Gasteiger partial charge is 0.434 e. The van der Waals surface area contributed by atoms with Gasteiger partial charge in [0.15, 0.2) is 5.96 Å². The number of hydrogen-bond donors (Lipinski definition) is 2. The fourth-order valence-electron chi connectivity index (χ4n) is 2.89. The number of aliphatic imine (C=N–C) groups is 1. The predicted octanol–water partition coefficient (Wildman–Crippen LogP) is 4.67. The Morgan fingerprint density at radius 2 is 1.90 bits per heavy atom. The van der Waals surface area contributed by atoms with Crippen LogP contribution in [0.4, 0.5) is 8.78 Å². The van der Waals surface area contributed by atoms with E-state index >= 15 is 0 Å². The van der Waals surface area contributed by atoms with Gasteiger partial charge in [-0.2, -0.15) is 8.78 Å². The summed E-state index contributed by atoms with van der Waals surface area (Å²) in [4.78, 5) is 8.56. The van der Waals surface area contributed by atoms with Crippen molar-refractivity contribution in [1.82, 2.24) is 20.2 Å². The van der Waals surface area contributed by atoms with Gasteiger partial charge in [-0.25, -0.2) is 4.98 Å². The van der Waals surface area contributed by atoms with E-state index in [1.165, 1.54) is 17.7 Å². The first-order chi connectivity index (χ1) is 14.5. The van der Waals surface area contributed by atoms with Crippen LogP contribution < -0.4 is 15.4 Å². The van der Waals surface area contributed by atoms with Crippen molar-refractivity contribution in [2.45, 2.75) is 26.2 Å². The van der Waals surface area contributed by atoms with Crippen molar-refractivity contribution < 1.29 is 13.5 Å². The third-order valence-electron chi connectivity index (χ3n) is 4.32. The van der Waals surface area contributed by atoms with Gasteiger partial charge in [-0.1, -0.05) is 41.9 Å². The zero-order valence-electron chi connectivity index (χ0n) is 16.8. The number of aromatic nitrogens is 2. The van der Waals surface area contributed by atoms with E-state index in [1.54, 1.807) is 19.3 Å². The minimum Gasteiger partial charge on any atom is -0.434 e. The fraction of sp³-hybridized carbons (Fsp3) is 0.238. The van der Waals surface area contributed by atoms with Gasteiger partial charge < -0.3 is 19.9 Å². The predicted molar refractivity (Wildman–Crippen MR) is 128 cm³/mol. The third kappa shape index (κ3) is 7.66. The summed E-state index contributed by atoms with van der Waals surface area (Å²) in [5, 5.41) is 6.68. The average molecular weight is 562 g/mol. The Morgan fingerprint density at radius 3 is 2.61 bits per heavy atom. The van der Waals surface area contributed by atoms with Crippen molar-refractivity contribution >= 4 is 41.5 Å². The zero-order chi connectivity index (χ0) is 21.3.